The molecular formula is C27H32Br2ClN4O3+. The van der Waals surface area contributed by atoms with Gasteiger partial charge in [0.2, 0.25) is 17.8 Å². The minimum Gasteiger partial charge on any atom is -0.351 e. The van der Waals surface area contributed by atoms with Crippen LogP contribution in [0.3, 0.4) is 0 Å². The third-order valence-corrected chi connectivity index (χ3v) is 9.64. The molecule has 5 rings (SSSR count). The van der Waals surface area contributed by atoms with Gasteiger partial charge in [0.25, 0.3) is 0 Å². The van der Waals surface area contributed by atoms with E-state index < -0.39 is 0 Å². The number of piperidine rings is 2. The van der Waals surface area contributed by atoms with E-state index in [0.717, 1.165) is 58.7 Å². The van der Waals surface area contributed by atoms with Crippen molar-refractivity contribution in [3.63, 3.8) is 0 Å². The lowest BCUT2D eigenvalue weighted by Gasteiger charge is -2.37. The van der Waals surface area contributed by atoms with E-state index in [0.29, 0.717) is 43.5 Å². The summed E-state index contributed by atoms with van der Waals surface area (Å²) in [5.41, 5.74) is 9.84. The molecule has 0 bridgehead atoms. The number of carbonyl (C=O) groups is 2. The second-order valence-electron chi connectivity index (χ2n) is 10.5. The summed E-state index contributed by atoms with van der Waals surface area (Å²) in [6.45, 7) is 2.67. The Morgan fingerprint density at radius 3 is 2.32 bits per heavy atom. The normalized spacial score (nSPS) is 20.8. The topological polar surface area (TPSA) is 90.8 Å². The van der Waals surface area contributed by atoms with Crippen LogP contribution in [0.4, 0.5) is 4.79 Å². The maximum absolute atomic E-state index is 13.1. The molecule has 1 aromatic heterocycles. The Labute approximate surface area is 239 Å². The molecule has 2 aromatic rings. The molecule has 1 aromatic carbocycles. The van der Waals surface area contributed by atoms with Gasteiger partial charge in [0.15, 0.2) is 0 Å². The van der Waals surface area contributed by atoms with E-state index in [-0.39, 0.29) is 23.8 Å². The molecule has 0 radical (unpaired) electrons. The Balaban J connectivity index is 1.34. The number of urea groups is 1. The number of pyridine rings is 1. The molecule has 3 amide bonds. The Hall–Kier alpha value is -1.84. The van der Waals surface area contributed by atoms with Crippen molar-refractivity contribution in [3.8, 4) is 0 Å². The zero-order chi connectivity index (χ0) is 26.3. The highest BCUT2D eigenvalue weighted by atomic mass is 79.9. The molecule has 37 heavy (non-hydrogen) atoms. The van der Waals surface area contributed by atoms with Crippen LogP contribution in [-0.2, 0) is 17.6 Å². The molecule has 0 spiro atoms. The third-order valence-electron chi connectivity index (χ3n) is 8.34. The number of primary amides is 1. The smallest absolute Gasteiger partial charge is 0.314 e. The van der Waals surface area contributed by atoms with Gasteiger partial charge in [-0.2, -0.15) is 0 Å². The number of rotatable bonds is 3. The van der Waals surface area contributed by atoms with E-state index in [1.165, 1.54) is 15.9 Å². The average Bonchev–Trinajstić information content (AvgIpc) is 3.02. The van der Waals surface area contributed by atoms with Crippen molar-refractivity contribution < 1.29 is 19.5 Å². The van der Waals surface area contributed by atoms with Gasteiger partial charge >= 0.3 is 6.03 Å². The van der Waals surface area contributed by atoms with E-state index >= 15 is 0 Å². The van der Waals surface area contributed by atoms with Crippen LogP contribution >= 0.6 is 43.5 Å². The molecule has 3 heterocycles. The molecule has 3 N–H and O–H groups in total. The number of fused-ring (bicyclic) bond motifs is 2. The Morgan fingerprint density at radius 2 is 1.65 bits per heavy atom. The maximum atomic E-state index is 13.1. The van der Waals surface area contributed by atoms with Gasteiger partial charge in [0.05, 0.1) is 10.4 Å². The zero-order valence-corrected chi connectivity index (χ0v) is 24.6. The molecule has 10 heteroatoms. The Kier molecular flexibility index (Phi) is 8.03. The number of nitrogens with zero attached hydrogens (tertiary/aromatic N) is 3. The highest BCUT2D eigenvalue weighted by molar-refractivity contribution is 9.10. The molecule has 3 aliphatic rings. The first-order valence-electron chi connectivity index (χ1n) is 12.9. The minimum absolute atomic E-state index is 0.00683. The van der Waals surface area contributed by atoms with E-state index in [2.05, 4.69) is 44.0 Å². The SMILES string of the molecule is NC(=O)N1CCC(CC(=O)N2CCC(C3c4c(Br)cc(Cl)cc4CCc4cc(Br)c[n+](O)c43)CC2)CC1. The lowest BCUT2D eigenvalue weighted by atomic mass is 9.76. The lowest BCUT2D eigenvalue weighted by Crippen LogP contribution is -2.45. The summed E-state index contributed by atoms with van der Waals surface area (Å²) in [5, 5.41) is 11.8. The Morgan fingerprint density at radius 1 is 1.00 bits per heavy atom. The van der Waals surface area contributed by atoms with Crippen LogP contribution in [0.5, 0.6) is 0 Å². The first-order valence-corrected chi connectivity index (χ1v) is 14.9. The van der Waals surface area contributed by atoms with Crippen LogP contribution < -0.4 is 10.5 Å². The molecule has 2 saturated heterocycles. The van der Waals surface area contributed by atoms with Crippen LogP contribution in [0.1, 0.15) is 60.4 Å². The van der Waals surface area contributed by atoms with E-state index in [1.807, 2.05) is 11.0 Å². The molecule has 0 saturated carbocycles. The van der Waals surface area contributed by atoms with Gasteiger partial charge in [-0.25, -0.2) is 4.79 Å². The molecule has 2 fully saturated rings. The number of halogens is 3. The van der Waals surface area contributed by atoms with Crippen LogP contribution in [0.25, 0.3) is 0 Å². The number of hydrogen-bond acceptors (Lipinski definition) is 3. The number of carbonyl (C=O) groups excluding carboxylic acids is 2. The maximum Gasteiger partial charge on any atom is 0.314 e. The number of likely N-dealkylation sites (tertiary alicyclic amines) is 2. The van der Waals surface area contributed by atoms with Gasteiger partial charge in [0.1, 0.15) is 0 Å². The number of benzene rings is 1. The Bertz CT molecular complexity index is 1150. The third kappa shape index (κ3) is 5.64. The predicted octanol–water partition coefficient (Wildman–Crippen LogP) is 5.04. The largest absolute Gasteiger partial charge is 0.351 e. The van der Waals surface area contributed by atoms with E-state index in [9.17, 15) is 14.8 Å². The van der Waals surface area contributed by atoms with Crippen LogP contribution in [0.15, 0.2) is 33.3 Å². The highest BCUT2D eigenvalue weighted by Gasteiger charge is 2.41. The van der Waals surface area contributed by atoms with Crippen LogP contribution in [0.2, 0.25) is 5.02 Å². The summed E-state index contributed by atoms with van der Waals surface area (Å²) in [6.07, 6.45) is 7.27. The molecule has 7 nitrogen and oxygen atoms in total. The molecule has 2 aliphatic heterocycles. The summed E-state index contributed by atoms with van der Waals surface area (Å²) >= 11 is 13.8. The molecule has 198 valence electrons. The zero-order valence-electron chi connectivity index (χ0n) is 20.6. The molecule has 1 unspecified atom stereocenters. The molecular weight excluding hydrogens is 624 g/mol. The fourth-order valence-corrected chi connectivity index (χ4v) is 8.02. The van der Waals surface area contributed by atoms with Crippen molar-refractivity contribution in [1.82, 2.24) is 9.80 Å². The van der Waals surface area contributed by atoms with Crippen molar-refractivity contribution in [2.45, 2.75) is 50.9 Å². The first-order chi connectivity index (χ1) is 17.7. The van der Waals surface area contributed by atoms with E-state index in [1.54, 1.807) is 11.1 Å². The summed E-state index contributed by atoms with van der Waals surface area (Å²) < 4.78 is 3.10. The van der Waals surface area contributed by atoms with Crippen molar-refractivity contribution in [2.24, 2.45) is 17.6 Å². The number of hydrogen-bond donors (Lipinski definition) is 2. The average molecular weight is 656 g/mol. The second kappa shape index (κ2) is 11.1. The lowest BCUT2D eigenvalue weighted by molar-refractivity contribution is -0.911. The summed E-state index contributed by atoms with van der Waals surface area (Å²) in [4.78, 5) is 28.2. The van der Waals surface area contributed by atoms with Gasteiger partial charge in [0, 0.05) is 52.4 Å². The van der Waals surface area contributed by atoms with Gasteiger partial charge in [-0.3, -0.25) is 10.0 Å². The molecule has 1 atom stereocenters. The standard InChI is InChI=1S/C27H31Br2ClN4O3/c28-20-12-19-2-1-18-13-21(30)14-22(29)24(18)25(26(19)34(37)15-20)17-5-9-32(10-6-17)23(35)11-16-3-7-33(8-4-16)27(31)36/h12-17,25H,1-11H2,(H2-,31,36,37)/p+1. The first kappa shape index (κ1) is 26.8. The molecule has 1 aliphatic carbocycles. The van der Waals surface area contributed by atoms with E-state index in [4.69, 9.17) is 17.3 Å². The van der Waals surface area contributed by atoms with Gasteiger partial charge in [-0.05, 0) is 95.6 Å². The van der Waals surface area contributed by atoms with Crippen molar-refractivity contribution in [3.05, 3.63) is 60.7 Å². The quantitative estimate of drug-likeness (QED) is 0.359. The van der Waals surface area contributed by atoms with Crippen LogP contribution in [-0.4, -0.2) is 53.1 Å². The number of aromatic nitrogens is 1. The van der Waals surface area contributed by atoms with Crippen molar-refractivity contribution in [1.29, 1.82) is 0 Å². The number of amides is 3. The fraction of sp³-hybridized carbons (Fsp3) is 0.519. The fourth-order valence-electron chi connectivity index (χ4n) is 6.43. The van der Waals surface area contributed by atoms with Gasteiger partial charge < -0.3 is 15.5 Å². The predicted molar refractivity (Wildman–Crippen MR) is 148 cm³/mol. The van der Waals surface area contributed by atoms with Crippen molar-refractivity contribution in [2.75, 3.05) is 26.2 Å². The minimum atomic E-state index is -0.376. The highest BCUT2D eigenvalue weighted by Crippen LogP contribution is 2.45. The summed E-state index contributed by atoms with van der Waals surface area (Å²) in [6, 6.07) is 5.73. The van der Waals surface area contributed by atoms with Gasteiger partial charge in [-0.1, -0.05) is 27.5 Å². The van der Waals surface area contributed by atoms with Crippen molar-refractivity contribution >= 4 is 55.4 Å². The summed E-state index contributed by atoms with van der Waals surface area (Å²) in [5.74, 6) is 0.767. The van der Waals surface area contributed by atoms with Crippen LogP contribution in [0, 0.1) is 11.8 Å². The number of aryl methyl sites for hydroxylation is 2. The summed E-state index contributed by atoms with van der Waals surface area (Å²) in [7, 11) is 0. The second-order valence-corrected chi connectivity index (χ2v) is 12.7. The number of nitrogens with two attached hydrogens (primary N) is 1. The van der Waals surface area contributed by atoms with Gasteiger partial charge in [-0.15, -0.1) is 0 Å². The monoisotopic (exact) mass is 653 g/mol.